The van der Waals surface area contributed by atoms with Crippen LogP contribution in [0.3, 0.4) is 0 Å². The van der Waals surface area contributed by atoms with E-state index in [1.54, 1.807) is 6.07 Å². The van der Waals surface area contributed by atoms with Crippen molar-refractivity contribution in [1.29, 1.82) is 0 Å². The molecule has 0 fully saturated rings. The SMILES string of the molecule is NCc1cc(Cl)cc(S(=O)(=O)Nc2ccc(Br)cn2)c1Cl. The molecule has 1 aromatic carbocycles. The molecular weight excluding hydrogens is 401 g/mol. The summed E-state index contributed by atoms with van der Waals surface area (Å²) in [6.07, 6.45) is 1.47. The molecule has 3 N–H and O–H groups in total. The Labute approximate surface area is 140 Å². The van der Waals surface area contributed by atoms with Gasteiger partial charge < -0.3 is 5.73 Å². The highest BCUT2D eigenvalue weighted by Gasteiger charge is 2.21. The normalized spacial score (nSPS) is 11.4. The zero-order valence-corrected chi connectivity index (χ0v) is 14.4. The number of aromatic nitrogens is 1. The molecule has 2 rings (SSSR count). The van der Waals surface area contributed by atoms with Crippen molar-refractivity contribution in [2.75, 3.05) is 4.72 Å². The molecule has 0 amide bonds. The minimum absolute atomic E-state index is 0.0477. The average Bonchev–Trinajstić information content (AvgIpc) is 2.43. The summed E-state index contributed by atoms with van der Waals surface area (Å²) in [5.74, 6) is 0.170. The van der Waals surface area contributed by atoms with E-state index in [1.807, 2.05) is 0 Å². The van der Waals surface area contributed by atoms with Crippen molar-refractivity contribution < 1.29 is 8.42 Å². The fraction of sp³-hybridized carbons (Fsp3) is 0.0833. The van der Waals surface area contributed by atoms with Gasteiger partial charge in [0.15, 0.2) is 0 Å². The summed E-state index contributed by atoms with van der Waals surface area (Å²) in [7, 11) is -3.91. The zero-order valence-electron chi connectivity index (χ0n) is 10.5. The van der Waals surface area contributed by atoms with Crippen molar-refractivity contribution in [3.8, 4) is 0 Å². The van der Waals surface area contributed by atoms with Crippen LogP contribution in [-0.4, -0.2) is 13.4 Å². The van der Waals surface area contributed by atoms with Gasteiger partial charge in [-0.15, -0.1) is 0 Å². The summed E-state index contributed by atoms with van der Waals surface area (Å²) >= 11 is 15.2. The molecular formula is C12H10BrCl2N3O2S. The summed E-state index contributed by atoms with van der Waals surface area (Å²) < 4.78 is 27.8. The number of halogens is 3. The van der Waals surface area contributed by atoms with Gasteiger partial charge in [-0.3, -0.25) is 4.72 Å². The highest BCUT2D eigenvalue weighted by molar-refractivity contribution is 9.10. The van der Waals surface area contributed by atoms with E-state index in [-0.39, 0.29) is 27.3 Å². The Kier molecular flexibility index (Phi) is 5.11. The second kappa shape index (κ2) is 6.50. The maximum absolute atomic E-state index is 12.4. The molecule has 5 nitrogen and oxygen atoms in total. The van der Waals surface area contributed by atoms with Crippen LogP contribution in [0, 0.1) is 0 Å². The van der Waals surface area contributed by atoms with Gasteiger partial charge >= 0.3 is 0 Å². The maximum atomic E-state index is 12.4. The van der Waals surface area contributed by atoms with Gasteiger partial charge in [-0.25, -0.2) is 13.4 Å². The van der Waals surface area contributed by atoms with E-state index < -0.39 is 10.0 Å². The van der Waals surface area contributed by atoms with E-state index >= 15 is 0 Å². The number of pyridine rings is 1. The third kappa shape index (κ3) is 3.87. The van der Waals surface area contributed by atoms with Crippen molar-refractivity contribution in [3.63, 3.8) is 0 Å². The molecule has 0 saturated carbocycles. The topological polar surface area (TPSA) is 85.1 Å². The van der Waals surface area contributed by atoms with Crippen molar-refractivity contribution >= 4 is 55.0 Å². The predicted octanol–water partition coefficient (Wildman–Crippen LogP) is 3.41. The lowest BCUT2D eigenvalue weighted by molar-refractivity contribution is 0.601. The number of sulfonamides is 1. The number of rotatable bonds is 4. The van der Waals surface area contributed by atoms with Crippen LogP contribution < -0.4 is 10.5 Å². The van der Waals surface area contributed by atoms with Gasteiger partial charge in [-0.05, 0) is 45.8 Å². The molecule has 9 heteroatoms. The number of benzene rings is 1. The second-order valence-electron chi connectivity index (χ2n) is 4.05. The fourth-order valence-corrected chi connectivity index (χ4v) is 3.78. The third-order valence-corrected chi connectivity index (χ3v) is 5.18. The molecule has 21 heavy (non-hydrogen) atoms. The Bertz CT molecular complexity index is 767. The molecule has 2 aromatic rings. The van der Waals surface area contributed by atoms with E-state index in [0.29, 0.717) is 5.56 Å². The number of hydrogen-bond acceptors (Lipinski definition) is 4. The van der Waals surface area contributed by atoms with Crippen LogP contribution in [0.2, 0.25) is 10.0 Å². The summed E-state index contributed by atoms with van der Waals surface area (Å²) in [5.41, 5.74) is 5.98. The molecule has 0 aliphatic rings. The minimum Gasteiger partial charge on any atom is -0.326 e. The number of nitrogens with one attached hydrogen (secondary N) is 1. The van der Waals surface area contributed by atoms with E-state index in [9.17, 15) is 8.42 Å². The Hall–Kier alpha value is -0.860. The summed E-state index contributed by atoms with van der Waals surface area (Å²) in [6, 6.07) is 5.98. The van der Waals surface area contributed by atoms with Gasteiger partial charge in [-0.1, -0.05) is 23.2 Å². The molecule has 0 saturated heterocycles. The third-order valence-electron chi connectivity index (χ3n) is 2.56. The van der Waals surface area contributed by atoms with Gasteiger partial charge in [0, 0.05) is 22.2 Å². The van der Waals surface area contributed by atoms with Crippen LogP contribution in [0.4, 0.5) is 5.82 Å². The lowest BCUT2D eigenvalue weighted by Crippen LogP contribution is -2.15. The van der Waals surface area contributed by atoms with Crippen molar-refractivity contribution in [2.24, 2.45) is 5.73 Å². The molecule has 0 atom stereocenters. The zero-order chi connectivity index (χ0) is 15.6. The first-order valence-corrected chi connectivity index (χ1v) is 8.69. The van der Waals surface area contributed by atoms with Crippen molar-refractivity contribution in [1.82, 2.24) is 4.98 Å². The first-order chi connectivity index (χ1) is 9.83. The Morgan fingerprint density at radius 1 is 1.29 bits per heavy atom. The standard InChI is InChI=1S/C12H10BrCl2N3O2S/c13-8-1-2-11(17-6-8)18-21(19,20)10-4-9(14)3-7(5-16)12(10)15/h1-4,6H,5,16H2,(H,17,18). The van der Waals surface area contributed by atoms with Gasteiger partial charge in [0.1, 0.15) is 10.7 Å². The monoisotopic (exact) mass is 409 g/mol. The number of anilines is 1. The van der Waals surface area contributed by atoms with Gasteiger partial charge in [0.2, 0.25) is 0 Å². The van der Waals surface area contributed by atoms with Crippen LogP contribution in [-0.2, 0) is 16.6 Å². The first kappa shape index (κ1) is 16.5. The molecule has 0 aliphatic heterocycles. The maximum Gasteiger partial charge on any atom is 0.264 e. The Balaban J connectivity index is 2.44. The highest BCUT2D eigenvalue weighted by atomic mass is 79.9. The largest absolute Gasteiger partial charge is 0.326 e. The summed E-state index contributed by atoms with van der Waals surface area (Å²) in [4.78, 5) is 3.81. The van der Waals surface area contributed by atoms with Crippen molar-refractivity contribution in [2.45, 2.75) is 11.4 Å². The van der Waals surface area contributed by atoms with E-state index in [4.69, 9.17) is 28.9 Å². The Morgan fingerprint density at radius 3 is 2.57 bits per heavy atom. The van der Waals surface area contributed by atoms with E-state index in [1.165, 1.54) is 24.4 Å². The van der Waals surface area contributed by atoms with Crippen LogP contribution in [0.5, 0.6) is 0 Å². The van der Waals surface area contributed by atoms with Crippen LogP contribution in [0.25, 0.3) is 0 Å². The number of nitrogens with zero attached hydrogens (tertiary/aromatic N) is 1. The molecule has 0 aliphatic carbocycles. The van der Waals surface area contributed by atoms with Gasteiger partial charge in [0.05, 0.1) is 5.02 Å². The average molecular weight is 411 g/mol. The lowest BCUT2D eigenvalue weighted by Gasteiger charge is -2.11. The van der Waals surface area contributed by atoms with Crippen LogP contribution >= 0.6 is 39.1 Å². The molecule has 1 aromatic heterocycles. The molecule has 0 spiro atoms. The predicted molar refractivity (Wildman–Crippen MR) is 87.1 cm³/mol. The minimum atomic E-state index is -3.91. The first-order valence-electron chi connectivity index (χ1n) is 5.66. The van der Waals surface area contributed by atoms with E-state index in [2.05, 4.69) is 25.6 Å². The van der Waals surface area contributed by atoms with Crippen molar-refractivity contribution in [3.05, 3.63) is 50.5 Å². The van der Waals surface area contributed by atoms with Crippen LogP contribution in [0.1, 0.15) is 5.56 Å². The Morgan fingerprint density at radius 2 is 2.00 bits per heavy atom. The highest BCUT2D eigenvalue weighted by Crippen LogP contribution is 2.30. The fourth-order valence-electron chi connectivity index (χ4n) is 1.59. The lowest BCUT2D eigenvalue weighted by atomic mass is 10.2. The quantitative estimate of drug-likeness (QED) is 0.808. The van der Waals surface area contributed by atoms with Crippen LogP contribution in [0.15, 0.2) is 39.8 Å². The number of hydrogen-bond donors (Lipinski definition) is 2. The summed E-state index contributed by atoms with van der Waals surface area (Å²) in [6.45, 7) is 0.0818. The molecule has 1 heterocycles. The number of nitrogens with two attached hydrogens (primary N) is 1. The molecule has 0 unspecified atom stereocenters. The smallest absolute Gasteiger partial charge is 0.264 e. The molecule has 112 valence electrons. The van der Waals surface area contributed by atoms with Gasteiger partial charge in [-0.2, -0.15) is 0 Å². The second-order valence-corrected chi connectivity index (χ2v) is 7.43. The summed E-state index contributed by atoms with van der Waals surface area (Å²) in [5, 5.41) is 0.288. The molecule has 0 bridgehead atoms. The molecule has 0 radical (unpaired) electrons. The van der Waals surface area contributed by atoms with Gasteiger partial charge in [0.25, 0.3) is 10.0 Å². The van der Waals surface area contributed by atoms with E-state index in [0.717, 1.165) is 4.47 Å².